The monoisotopic (exact) mass is 301 g/mol. The first-order chi connectivity index (χ1) is 10.2. The SMILES string of the molecule is COc1cccc(OCCC(C#N)c2ccccc2Cl)c1. The van der Waals surface area contributed by atoms with Gasteiger partial charge in [-0.05, 0) is 23.8 Å². The second-order valence-corrected chi connectivity index (χ2v) is 4.93. The fourth-order valence-electron chi connectivity index (χ4n) is 2.03. The fraction of sp³-hybridized carbons (Fsp3) is 0.235. The summed E-state index contributed by atoms with van der Waals surface area (Å²) in [6.07, 6.45) is 0.581. The van der Waals surface area contributed by atoms with Crippen molar-refractivity contribution in [2.24, 2.45) is 0 Å². The first-order valence-electron chi connectivity index (χ1n) is 6.65. The summed E-state index contributed by atoms with van der Waals surface area (Å²) in [5, 5.41) is 9.92. The molecule has 0 amide bonds. The average Bonchev–Trinajstić information content (AvgIpc) is 2.53. The van der Waals surface area contributed by atoms with Gasteiger partial charge in [-0.25, -0.2) is 0 Å². The molecule has 21 heavy (non-hydrogen) atoms. The molecule has 0 saturated carbocycles. The van der Waals surface area contributed by atoms with Crippen LogP contribution in [0.1, 0.15) is 17.9 Å². The third-order valence-corrected chi connectivity index (χ3v) is 3.50. The summed E-state index contributed by atoms with van der Waals surface area (Å²) in [6.45, 7) is 0.441. The number of rotatable bonds is 6. The van der Waals surface area contributed by atoms with Gasteiger partial charge in [-0.2, -0.15) is 5.26 Å². The van der Waals surface area contributed by atoms with E-state index in [1.54, 1.807) is 13.2 Å². The maximum atomic E-state index is 9.30. The minimum absolute atomic E-state index is 0.274. The average molecular weight is 302 g/mol. The van der Waals surface area contributed by atoms with Crippen molar-refractivity contribution < 1.29 is 9.47 Å². The van der Waals surface area contributed by atoms with Crippen molar-refractivity contribution in [2.75, 3.05) is 13.7 Å². The molecular formula is C17H16ClNO2. The summed E-state index contributed by atoms with van der Waals surface area (Å²) in [6, 6.07) is 17.1. The van der Waals surface area contributed by atoms with Gasteiger partial charge >= 0.3 is 0 Å². The van der Waals surface area contributed by atoms with Crippen molar-refractivity contribution in [3.8, 4) is 17.6 Å². The maximum Gasteiger partial charge on any atom is 0.122 e. The van der Waals surface area contributed by atoms with Crippen LogP contribution in [0.4, 0.5) is 0 Å². The van der Waals surface area contributed by atoms with Gasteiger partial charge in [-0.3, -0.25) is 0 Å². The van der Waals surface area contributed by atoms with Crippen LogP contribution in [0.3, 0.4) is 0 Å². The maximum absolute atomic E-state index is 9.30. The normalized spacial score (nSPS) is 11.5. The van der Waals surface area contributed by atoms with E-state index in [1.807, 2.05) is 42.5 Å². The Kier molecular flexibility index (Phi) is 5.48. The van der Waals surface area contributed by atoms with Gasteiger partial charge in [0.2, 0.25) is 0 Å². The molecule has 2 aromatic carbocycles. The molecule has 0 bridgehead atoms. The lowest BCUT2D eigenvalue weighted by molar-refractivity contribution is 0.303. The van der Waals surface area contributed by atoms with Crippen molar-refractivity contribution >= 4 is 11.6 Å². The largest absolute Gasteiger partial charge is 0.497 e. The van der Waals surface area contributed by atoms with Crippen LogP contribution in [0.25, 0.3) is 0 Å². The third kappa shape index (κ3) is 4.14. The predicted octanol–water partition coefficient (Wildman–Crippen LogP) is 4.42. The predicted molar refractivity (Wildman–Crippen MR) is 82.9 cm³/mol. The highest BCUT2D eigenvalue weighted by Gasteiger charge is 2.13. The molecule has 0 aliphatic heterocycles. The number of ether oxygens (including phenoxy) is 2. The minimum Gasteiger partial charge on any atom is -0.497 e. The van der Waals surface area contributed by atoms with Crippen molar-refractivity contribution in [1.29, 1.82) is 5.26 Å². The zero-order valence-electron chi connectivity index (χ0n) is 11.8. The van der Waals surface area contributed by atoms with E-state index in [1.165, 1.54) is 0 Å². The molecule has 1 unspecified atom stereocenters. The highest BCUT2D eigenvalue weighted by Crippen LogP contribution is 2.27. The molecular weight excluding hydrogens is 286 g/mol. The lowest BCUT2D eigenvalue weighted by Gasteiger charge is -2.12. The van der Waals surface area contributed by atoms with E-state index in [0.29, 0.717) is 18.1 Å². The zero-order valence-corrected chi connectivity index (χ0v) is 12.5. The van der Waals surface area contributed by atoms with Crippen molar-refractivity contribution in [1.82, 2.24) is 0 Å². The lowest BCUT2D eigenvalue weighted by Crippen LogP contribution is -2.05. The topological polar surface area (TPSA) is 42.2 Å². The molecule has 2 aromatic rings. The Morgan fingerprint density at radius 3 is 2.62 bits per heavy atom. The van der Waals surface area contributed by atoms with Crippen LogP contribution < -0.4 is 9.47 Å². The van der Waals surface area contributed by atoms with Crippen molar-refractivity contribution in [2.45, 2.75) is 12.3 Å². The third-order valence-electron chi connectivity index (χ3n) is 3.15. The molecule has 108 valence electrons. The van der Waals surface area contributed by atoms with Gasteiger partial charge in [-0.1, -0.05) is 35.9 Å². The Morgan fingerprint density at radius 1 is 1.14 bits per heavy atom. The zero-order chi connectivity index (χ0) is 15.1. The fourth-order valence-corrected chi connectivity index (χ4v) is 2.30. The van der Waals surface area contributed by atoms with E-state index in [-0.39, 0.29) is 5.92 Å². The van der Waals surface area contributed by atoms with Crippen LogP contribution in [0, 0.1) is 11.3 Å². The number of benzene rings is 2. The van der Waals surface area contributed by atoms with Crippen LogP contribution in [-0.4, -0.2) is 13.7 Å². The smallest absolute Gasteiger partial charge is 0.122 e. The summed E-state index contributed by atoms with van der Waals surface area (Å²) in [4.78, 5) is 0. The second-order valence-electron chi connectivity index (χ2n) is 4.52. The highest BCUT2D eigenvalue weighted by atomic mass is 35.5. The number of nitriles is 1. The van der Waals surface area contributed by atoms with E-state index >= 15 is 0 Å². The molecule has 0 aliphatic rings. The number of hydrogen-bond donors (Lipinski definition) is 0. The van der Waals surface area contributed by atoms with Crippen LogP contribution in [0.2, 0.25) is 5.02 Å². The Bertz CT molecular complexity index is 637. The Labute approximate surface area is 129 Å². The van der Waals surface area contributed by atoms with Gasteiger partial charge in [0.15, 0.2) is 0 Å². The van der Waals surface area contributed by atoms with E-state index in [4.69, 9.17) is 21.1 Å². The molecule has 0 aliphatic carbocycles. The molecule has 0 aromatic heterocycles. The molecule has 2 rings (SSSR count). The molecule has 4 heteroatoms. The van der Waals surface area contributed by atoms with Gasteiger partial charge in [0.05, 0.1) is 25.7 Å². The van der Waals surface area contributed by atoms with E-state index in [9.17, 15) is 5.26 Å². The van der Waals surface area contributed by atoms with Crippen molar-refractivity contribution in [3.05, 3.63) is 59.1 Å². The Balaban J connectivity index is 1.95. The summed E-state index contributed by atoms with van der Waals surface area (Å²) < 4.78 is 10.8. The molecule has 0 saturated heterocycles. The Morgan fingerprint density at radius 2 is 1.90 bits per heavy atom. The number of nitrogens with zero attached hydrogens (tertiary/aromatic N) is 1. The van der Waals surface area contributed by atoms with Crippen molar-refractivity contribution in [3.63, 3.8) is 0 Å². The molecule has 0 N–H and O–H groups in total. The lowest BCUT2D eigenvalue weighted by atomic mass is 9.98. The summed E-state index contributed by atoms with van der Waals surface area (Å²) in [5.41, 5.74) is 0.843. The van der Waals surface area contributed by atoms with Gasteiger partial charge in [0, 0.05) is 17.5 Å². The van der Waals surface area contributed by atoms with Crippen LogP contribution >= 0.6 is 11.6 Å². The van der Waals surface area contributed by atoms with Crippen LogP contribution in [0.5, 0.6) is 11.5 Å². The standard InChI is InChI=1S/C17H16ClNO2/c1-20-14-5-4-6-15(11-14)21-10-9-13(12-19)16-7-2-3-8-17(16)18/h2-8,11,13H,9-10H2,1H3. The highest BCUT2D eigenvalue weighted by molar-refractivity contribution is 6.31. The molecule has 1 atom stereocenters. The quantitative estimate of drug-likeness (QED) is 0.793. The van der Waals surface area contributed by atoms with E-state index in [2.05, 4.69) is 6.07 Å². The summed E-state index contributed by atoms with van der Waals surface area (Å²) in [7, 11) is 1.61. The number of methoxy groups -OCH3 is 1. The van der Waals surface area contributed by atoms with Crippen LogP contribution in [-0.2, 0) is 0 Å². The molecule has 3 nitrogen and oxygen atoms in total. The van der Waals surface area contributed by atoms with E-state index < -0.39 is 0 Å². The van der Waals surface area contributed by atoms with Crippen LogP contribution in [0.15, 0.2) is 48.5 Å². The number of halogens is 1. The Hall–Kier alpha value is -2.18. The molecule has 0 heterocycles. The summed E-state index contributed by atoms with van der Waals surface area (Å²) >= 11 is 6.12. The van der Waals surface area contributed by atoms with Gasteiger partial charge < -0.3 is 9.47 Å². The van der Waals surface area contributed by atoms with Gasteiger partial charge in [0.25, 0.3) is 0 Å². The number of hydrogen-bond acceptors (Lipinski definition) is 3. The molecule has 0 spiro atoms. The second kappa shape index (κ2) is 7.56. The minimum atomic E-state index is -0.274. The molecule has 0 fully saturated rings. The van der Waals surface area contributed by atoms with E-state index in [0.717, 1.165) is 17.1 Å². The summed E-state index contributed by atoms with van der Waals surface area (Å²) in [5.74, 6) is 1.20. The first-order valence-corrected chi connectivity index (χ1v) is 7.03. The van der Waals surface area contributed by atoms with Gasteiger partial charge in [-0.15, -0.1) is 0 Å². The van der Waals surface area contributed by atoms with Gasteiger partial charge in [0.1, 0.15) is 11.5 Å². The molecule has 0 radical (unpaired) electrons. The first kappa shape index (κ1) is 15.2.